The van der Waals surface area contributed by atoms with Crippen LogP contribution in [-0.4, -0.2) is 16.3 Å². The van der Waals surface area contributed by atoms with Gasteiger partial charge in [0.15, 0.2) is 6.29 Å². The highest BCUT2D eigenvalue weighted by Crippen LogP contribution is 2.32. The third-order valence-electron chi connectivity index (χ3n) is 3.33. The van der Waals surface area contributed by atoms with Crippen molar-refractivity contribution in [3.63, 3.8) is 0 Å². The summed E-state index contributed by atoms with van der Waals surface area (Å²) in [5.41, 5.74) is -1.12. The summed E-state index contributed by atoms with van der Waals surface area (Å²) in [5, 5.41) is -0.00537. The number of hydrogen-bond donors (Lipinski definition) is 1. The van der Waals surface area contributed by atoms with Crippen molar-refractivity contribution < 1.29 is 26.7 Å². The minimum Gasteiger partial charge on any atom is -0.350 e. The standard InChI is InChI=1S/C15H7F5N2O/c16-8-3-9-10(6-23)14(22-13(9)11(17)4-8)12-2-1-7(5-21-12)15(18,19)20/h1-6,22H. The van der Waals surface area contributed by atoms with Crippen LogP contribution in [0.2, 0.25) is 0 Å². The Morgan fingerprint density at radius 2 is 1.87 bits per heavy atom. The lowest BCUT2D eigenvalue weighted by Gasteiger charge is -2.06. The van der Waals surface area contributed by atoms with E-state index in [0.29, 0.717) is 18.5 Å². The number of aldehydes is 1. The van der Waals surface area contributed by atoms with Gasteiger partial charge in [-0.05, 0) is 18.2 Å². The number of hydrogen-bond acceptors (Lipinski definition) is 2. The maximum atomic E-state index is 13.8. The summed E-state index contributed by atoms with van der Waals surface area (Å²) in [7, 11) is 0. The Hall–Kier alpha value is -2.77. The molecular weight excluding hydrogens is 319 g/mol. The van der Waals surface area contributed by atoms with Crippen LogP contribution in [0.4, 0.5) is 22.0 Å². The molecule has 3 nitrogen and oxygen atoms in total. The lowest BCUT2D eigenvalue weighted by Crippen LogP contribution is -2.05. The number of carbonyl (C=O) groups is 1. The van der Waals surface area contributed by atoms with Gasteiger partial charge >= 0.3 is 6.18 Å². The number of benzene rings is 1. The van der Waals surface area contributed by atoms with Crippen LogP contribution in [0.3, 0.4) is 0 Å². The average molecular weight is 326 g/mol. The largest absolute Gasteiger partial charge is 0.417 e. The van der Waals surface area contributed by atoms with Crippen LogP contribution in [0.25, 0.3) is 22.3 Å². The van der Waals surface area contributed by atoms with E-state index in [4.69, 9.17) is 0 Å². The van der Waals surface area contributed by atoms with Crippen LogP contribution in [0, 0.1) is 11.6 Å². The molecule has 0 fully saturated rings. The Bertz CT molecular complexity index is 897. The summed E-state index contributed by atoms with van der Waals surface area (Å²) < 4.78 is 64.7. The van der Waals surface area contributed by atoms with E-state index >= 15 is 0 Å². The molecule has 0 amide bonds. The molecule has 2 heterocycles. The molecule has 2 aromatic heterocycles. The highest BCUT2D eigenvalue weighted by atomic mass is 19.4. The summed E-state index contributed by atoms with van der Waals surface area (Å²) in [6.07, 6.45) is -3.58. The third-order valence-corrected chi connectivity index (χ3v) is 3.33. The van der Waals surface area contributed by atoms with Gasteiger partial charge in [-0.1, -0.05) is 0 Å². The van der Waals surface area contributed by atoms with Crippen LogP contribution in [0.1, 0.15) is 15.9 Å². The zero-order valence-corrected chi connectivity index (χ0v) is 11.2. The van der Waals surface area contributed by atoms with Crippen molar-refractivity contribution in [2.45, 2.75) is 6.18 Å². The maximum Gasteiger partial charge on any atom is 0.417 e. The van der Waals surface area contributed by atoms with E-state index in [-0.39, 0.29) is 27.9 Å². The molecule has 0 aliphatic heterocycles. The second kappa shape index (κ2) is 5.15. The van der Waals surface area contributed by atoms with Gasteiger partial charge in [-0.15, -0.1) is 0 Å². The first-order chi connectivity index (χ1) is 10.8. The van der Waals surface area contributed by atoms with E-state index in [1.165, 1.54) is 0 Å². The molecule has 0 aliphatic carbocycles. The zero-order valence-electron chi connectivity index (χ0n) is 11.2. The second-order valence-electron chi connectivity index (χ2n) is 4.77. The van der Waals surface area contributed by atoms with Gasteiger partial charge in [0.1, 0.15) is 11.6 Å². The Kier molecular flexibility index (Phi) is 3.39. The first kappa shape index (κ1) is 15.1. The number of carbonyl (C=O) groups excluding carboxylic acids is 1. The van der Waals surface area contributed by atoms with Crippen molar-refractivity contribution >= 4 is 17.2 Å². The minimum absolute atomic E-state index is 0.00537. The van der Waals surface area contributed by atoms with E-state index in [9.17, 15) is 26.7 Å². The zero-order chi connectivity index (χ0) is 16.8. The minimum atomic E-state index is -4.55. The molecular formula is C15H7F5N2O. The van der Waals surface area contributed by atoms with Crippen LogP contribution in [-0.2, 0) is 6.18 Å². The fourth-order valence-electron chi connectivity index (χ4n) is 2.27. The molecule has 0 unspecified atom stereocenters. The van der Waals surface area contributed by atoms with E-state index < -0.39 is 23.4 Å². The molecule has 8 heteroatoms. The summed E-state index contributed by atoms with van der Waals surface area (Å²) in [6.45, 7) is 0. The van der Waals surface area contributed by atoms with Crippen LogP contribution in [0.15, 0.2) is 30.5 Å². The number of pyridine rings is 1. The molecule has 0 saturated carbocycles. The molecule has 23 heavy (non-hydrogen) atoms. The van der Waals surface area contributed by atoms with Gasteiger partial charge < -0.3 is 4.98 Å². The number of nitrogens with zero attached hydrogens (tertiary/aromatic N) is 1. The third kappa shape index (κ3) is 2.56. The fraction of sp³-hybridized carbons (Fsp3) is 0.0667. The maximum absolute atomic E-state index is 13.8. The molecule has 0 bridgehead atoms. The molecule has 3 rings (SSSR count). The predicted octanol–water partition coefficient (Wildman–Crippen LogP) is 4.34. The SMILES string of the molecule is O=Cc1c(-c2ccc(C(F)(F)F)cn2)[nH]c2c(F)cc(F)cc12. The van der Waals surface area contributed by atoms with Gasteiger partial charge in [-0.3, -0.25) is 9.78 Å². The number of rotatable bonds is 2. The van der Waals surface area contributed by atoms with Crippen molar-refractivity contribution in [2.75, 3.05) is 0 Å². The van der Waals surface area contributed by atoms with Crippen molar-refractivity contribution in [1.29, 1.82) is 0 Å². The fourth-order valence-corrected chi connectivity index (χ4v) is 2.27. The van der Waals surface area contributed by atoms with Crippen molar-refractivity contribution in [2.24, 2.45) is 0 Å². The van der Waals surface area contributed by atoms with Crippen molar-refractivity contribution in [3.8, 4) is 11.4 Å². The molecule has 0 spiro atoms. The molecule has 1 N–H and O–H groups in total. The number of nitrogens with one attached hydrogen (secondary N) is 1. The second-order valence-corrected chi connectivity index (χ2v) is 4.77. The number of fused-ring (bicyclic) bond motifs is 1. The quantitative estimate of drug-likeness (QED) is 0.562. The lowest BCUT2D eigenvalue weighted by atomic mass is 10.1. The van der Waals surface area contributed by atoms with Crippen molar-refractivity contribution in [1.82, 2.24) is 9.97 Å². The number of aromatic nitrogens is 2. The van der Waals surface area contributed by atoms with Crippen LogP contribution < -0.4 is 0 Å². The molecule has 0 atom stereocenters. The topological polar surface area (TPSA) is 45.8 Å². The number of alkyl halides is 3. The molecule has 0 aliphatic rings. The van der Waals surface area contributed by atoms with Gasteiger partial charge in [0.2, 0.25) is 0 Å². The molecule has 3 aromatic rings. The first-order valence-electron chi connectivity index (χ1n) is 6.31. The van der Waals surface area contributed by atoms with Gasteiger partial charge in [0.25, 0.3) is 0 Å². The molecule has 0 radical (unpaired) electrons. The number of halogens is 5. The Morgan fingerprint density at radius 3 is 2.43 bits per heavy atom. The average Bonchev–Trinajstić information content (AvgIpc) is 2.85. The first-order valence-corrected chi connectivity index (χ1v) is 6.31. The molecule has 0 saturated heterocycles. The van der Waals surface area contributed by atoms with Gasteiger partial charge in [0.05, 0.1) is 22.5 Å². The van der Waals surface area contributed by atoms with E-state index in [2.05, 4.69) is 9.97 Å². The molecule has 1 aromatic carbocycles. The van der Waals surface area contributed by atoms with Gasteiger partial charge in [0, 0.05) is 23.2 Å². The van der Waals surface area contributed by atoms with E-state index in [0.717, 1.165) is 18.2 Å². The van der Waals surface area contributed by atoms with E-state index in [1.807, 2.05) is 0 Å². The lowest BCUT2D eigenvalue weighted by molar-refractivity contribution is -0.137. The monoisotopic (exact) mass is 326 g/mol. The van der Waals surface area contributed by atoms with Gasteiger partial charge in [-0.2, -0.15) is 13.2 Å². The Balaban J connectivity index is 2.20. The number of H-pyrrole nitrogens is 1. The summed E-state index contributed by atoms with van der Waals surface area (Å²) in [5.74, 6) is -1.79. The summed E-state index contributed by atoms with van der Waals surface area (Å²) >= 11 is 0. The normalized spacial score (nSPS) is 11.9. The van der Waals surface area contributed by atoms with Gasteiger partial charge in [-0.25, -0.2) is 8.78 Å². The number of aromatic amines is 1. The Morgan fingerprint density at radius 1 is 1.13 bits per heavy atom. The smallest absolute Gasteiger partial charge is 0.350 e. The highest BCUT2D eigenvalue weighted by Gasteiger charge is 2.31. The van der Waals surface area contributed by atoms with Crippen molar-refractivity contribution in [3.05, 3.63) is 53.2 Å². The Labute approximate surface area is 125 Å². The predicted molar refractivity (Wildman–Crippen MR) is 71.8 cm³/mol. The van der Waals surface area contributed by atoms with Crippen LogP contribution >= 0.6 is 0 Å². The summed E-state index contributed by atoms with van der Waals surface area (Å²) in [4.78, 5) is 17.5. The van der Waals surface area contributed by atoms with E-state index in [1.54, 1.807) is 0 Å². The van der Waals surface area contributed by atoms with Crippen LogP contribution in [0.5, 0.6) is 0 Å². The molecule has 118 valence electrons. The summed E-state index contributed by atoms with van der Waals surface area (Å²) in [6, 6.07) is 3.44. The highest BCUT2D eigenvalue weighted by molar-refractivity contribution is 6.04.